The lowest BCUT2D eigenvalue weighted by molar-refractivity contribution is -0.152. The molecule has 0 bridgehead atoms. The lowest BCUT2D eigenvalue weighted by Crippen LogP contribution is -2.38. The van der Waals surface area contributed by atoms with Crippen molar-refractivity contribution >= 4 is 40.1 Å². The first-order valence-electron chi connectivity index (χ1n) is 11.9. The van der Waals surface area contributed by atoms with E-state index in [9.17, 15) is 9.90 Å². The molecule has 37 heavy (non-hydrogen) atoms. The van der Waals surface area contributed by atoms with Crippen LogP contribution in [0.4, 0.5) is 0 Å². The molecule has 0 spiro atoms. The molecule has 4 rings (SSSR count). The van der Waals surface area contributed by atoms with Gasteiger partial charge in [0.05, 0.1) is 22.0 Å². The molecule has 0 amide bonds. The van der Waals surface area contributed by atoms with Crippen LogP contribution < -0.4 is 4.74 Å². The summed E-state index contributed by atoms with van der Waals surface area (Å²) < 4.78 is 17.7. The molecule has 0 aliphatic rings. The number of allylic oxidation sites excluding steroid dienone is 1. The van der Waals surface area contributed by atoms with Crippen molar-refractivity contribution in [3.8, 4) is 17.2 Å². The van der Waals surface area contributed by atoms with Gasteiger partial charge in [0.1, 0.15) is 11.5 Å². The Bertz CT molecular complexity index is 1470. The van der Waals surface area contributed by atoms with Crippen LogP contribution in [0.25, 0.3) is 22.4 Å². The Kier molecular flexibility index (Phi) is 7.67. The second-order valence-corrected chi connectivity index (χ2v) is 10.4. The summed E-state index contributed by atoms with van der Waals surface area (Å²) in [6.45, 7) is 10.9. The van der Waals surface area contributed by atoms with Crippen LogP contribution in [0.2, 0.25) is 10.0 Å². The molecule has 4 aromatic rings. The first kappa shape index (κ1) is 26.8. The molecule has 1 N–H and O–H groups in total. The van der Waals surface area contributed by atoms with Crippen LogP contribution in [0.3, 0.4) is 0 Å². The topological polar surface area (TPSA) is 98.6 Å². The number of nitrogens with zero attached hydrogens (tertiary/aromatic N) is 2. The van der Waals surface area contributed by atoms with Crippen molar-refractivity contribution in [2.45, 2.75) is 58.5 Å². The maximum atomic E-state index is 11.6. The number of hydrogen-bond acceptors (Lipinski definition) is 6. The molecule has 0 atom stereocenters. The molecule has 0 saturated carbocycles. The van der Waals surface area contributed by atoms with E-state index in [1.165, 1.54) is 13.8 Å². The highest BCUT2D eigenvalue weighted by atomic mass is 35.5. The minimum absolute atomic E-state index is 0.118. The van der Waals surface area contributed by atoms with Gasteiger partial charge in [-0.05, 0) is 63.4 Å². The number of fused-ring (bicyclic) bond motifs is 1. The molecule has 2 aromatic carbocycles. The highest BCUT2D eigenvalue weighted by molar-refractivity contribution is 6.36. The molecule has 0 aliphatic carbocycles. The molecule has 0 aliphatic heterocycles. The zero-order valence-corrected chi connectivity index (χ0v) is 22.6. The van der Waals surface area contributed by atoms with Gasteiger partial charge in [-0.15, -0.1) is 6.58 Å². The van der Waals surface area contributed by atoms with Gasteiger partial charge in [-0.3, -0.25) is 0 Å². The number of oxazole rings is 1. The van der Waals surface area contributed by atoms with Gasteiger partial charge < -0.3 is 18.8 Å². The Morgan fingerprint density at radius 2 is 1.92 bits per heavy atom. The Hall–Kier alpha value is -3.29. The van der Waals surface area contributed by atoms with E-state index in [1.54, 1.807) is 30.3 Å². The fourth-order valence-corrected chi connectivity index (χ4v) is 4.52. The summed E-state index contributed by atoms with van der Waals surface area (Å²) in [5, 5.41) is 15.6. The zero-order valence-electron chi connectivity index (χ0n) is 21.1. The van der Waals surface area contributed by atoms with Crippen LogP contribution in [-0.4, -0.2) is 26.8 Å². The monoisotopic (exact) mass is 542 g/mol. The molecule has 7 nitrogen and oxygen atoms in total. The SMILES string of the molecule is C=CCc1c(OC(C)(C)C(=O)O)ccc2c(CCc3nc(-c4ccc(Cl)cc4Cl)oc3C(C)C)noc12. The fraction of sp³-hybridized carbons (Fsp3) is 0.321. The van der Waals surface area contributed by atoms with Crippen molar-refractivity contribution in [3.63, 3.8) is 0 Å². The Balaban J connectivity index is 1.65. The van der Waals surface area contributed by atoms with Crippen molar-refractivity contribution in [3.05, 3.63) is 75.7 Å². The van der Waals surface area contributed by atoms with Crippen molar-refractivity contribution in [2.75, 3.05) is 0 Å². The van der Waals surface area contributed by atoms with E-state index in [0.717, 1.165) is 22.5 Å². The Labute approximate surface area is 225 Å². The van der Waals surface area contributed by atoms with E-state index in [2.05, 4.69) is 11.7 Å². The van der Waals surface area contributed by atoms with Crippen molar-refractivity contribution in [2.24, 2.45) is 0 Å². The highest BCUT2D eigenvalue weighted by Gasteiger charge is 2.31. The molecule has 9 heteroatoms. The number of hydrogen-bond donors (Lipinski definition) is 1. The van der Waals surface area contributed by atoms with E-state index in [0.29, 0.717) is 57.7 Å². The molecule has 2 aromatic heterocycles. The van der Waals surface area contributed by atoms with Gasteiger partial charge in [0.2, 0.25) is 5.89 Å². The van der Waals surface area contributed by atoms with Crippen LogP contribution >= 0.6 is 23.2 Å². The van der Waals surface area contributed by atoms with Gasteiger partial charge in [0.25, 0.3) is 0 Å². The third-order valence-electron chi connectivity index (χ3n) is 6.02. The number of aliphatic carboxylic acids is 1. The average molecular weight is 543 g/mol. The van der Waals surface area contributed by atoms with E-state index in [4.69, 9.17) is 41.9 Å². The van der Waals surface area contributed by atoms with Crippen molar-refractivity contribution in [1.29, 1.82) is 0 Å². The number of aryl methyl sites for hydroxylation is 2. The minimum Gasteiger partial charge on any atom is -0.478 e. The van der Waals surface area contributed by atoms with E-state index in [-0.39, 0.29) is 5.92 Å². The van der Waals surface area contributed by atoms with Crippen molar-refractivity contribution in [1.82, 2.24) is 10.1 Å². The number of halogens is 2. The molecule has 0 unspecified atom stereocenters. The number of aromatic nitrogens is 2. The quantitative estimate of drug-likeness (QED) is 0.205. The first-order chi connectivity index (χ1) is 17.5. The van der Waals surface area contributed by atoms with Crippen LogP contribution in [0.1, 0.15) is 56.3 Å². The third kappa shape index (κ3) is 5.53. The fourth-order valence-electron chi connectivity index (χ4n) is 4.03. The summed E-state index contributed by atoms with van der Waals surface area (Å²) in [7, 11) is 0. The van der Waals surface area contributed by atoms with Gasteiger partial charge in [-0.2, -0.15) is 0 Å². The summed E-state index contributed by atoms with van der Waals surface area (Å²) in [4.78, 5) is 16.3. The number of carbonyl (C=O) groups is 1. The predicted octanol–water partition coefficient (Wildman–Crippen LogP) is 7.67. The Morgan fingerprint density at radius 3 is 2.57 bits per heavy atom. The maximum absolute atomic E-state index is 11.6. The largest absolute Gasteiger partial charge is 0.478 e. The van der Waals surface area contributed by atoms with E-state index < -0.39 is 11.6 Å². The summed E-state index contributed by atoms with van der Waals surface area (Å²) in [5.41, 5.74) is 2.10. The van der Waals surface area contributed by atoms with E-state index >= 15 is 0 Å². The smallest absolute Gasteiger partial charge is 0.347 e. The van der Waals surface area contributed by atoms with E-state index in [1.807, 2.05) is 19.9 Å². The molecule has 0 saturated heterocycles. The second kappa shape index (κ2) is 10.6. The van der Waals surface area contributed by atoms with Crippen LogP contribution in [-0.2, 0) is 24.1 Å². The van der Waals surface area contributed by atoms with Crippen LogP contribution in [0.15, 0.2) is 51.9 Å². The lowest BCUT2D eigenvalue weighted by atomic mass is 10.0. The van der Waals surface area contributed by atoms with Gasteiger partial charge in [-0.1, -0.05) is 48.3 Å². The van der Waals surface area contributed by atoms with Gasteiger partial charge in [0, 0.05) is 21.9 Å². The predicted molar refractivity (Wildman–Crippen MR) is 144 cm³/mol. The molecular formula is C28H28Cl2N2O5. The van der Waals surface area contributed by atoms with Gasteiger partial charge >= 0.3 is 5.97 Å². The molecule has 194 valence electrons. The summed E-state index contributed by atoms with van der Waals surface area (Å²) in [6.07, 6.45) is 3.28. The lowest BCUT2D eigenvalue weighted by Gasteiger charge is -2.23. The minimum atomic E-state index is -1.41. The number of carboxylic acid groups (broad SMARTS) is 1. The summed E-state index contributed by atoms with van der Waals surface area (Å²) in [6, 6.07) is 8.80. The zero-order chi connectivity index (χ0) is 26.9. The number of carboxylic acids is 1. The number of benzene rings is 2. The standard InChI is InChI=1S/C28H28Cl2N2O5/c1-6-7-19-23(36-28(4,5)27(33)34)13-10-18-21(32-37-25(18)19)11-12-22-24(15(2)3)35-26(31-22)17-9-8-16(29)14-20(17)30/h6,8-10,13-15H,1,7,11-12H2,2-5H3,(H,33,34). The molecule has 2 heterocycles. The maximum Gasteiger partial charge on any atom is 0.347 e. The molecule has 0 radical (unpaired) electrons. The van der Waals surface area contributed by atoms with Crippen molar-refractivity contribution < 1.29 is 23.6 Å². The number of ether oxygens (including phenoxy) is 1. The second-order valence-electron chi connectivity index (χ2n) is 9.57. The first-order valence-corrected chi connectivity index (χ1v) is 12.7. The summed E-state index contributed by atoms with van der Waals surface area (Å²) in [5.74, 6) is 0.705. The average Bonchev–Trinajstić information content (AvgIpc) is 3.43. The highest BCUT2D eigenvalue weighted by Crippen LogP contribution is 2.35. The van der Waals surface area contributed by atoms with Crippen LogP contribution in [0, 0.1) is 0 Å². The van der Waals surface area contributed by atoms with Gasteiger partial charge in [0.15, 0.2) is 11.2 Å². The molecular weight excluding hydrogens is 515 g/mol. The number of rotatable bonds is 10. The third-order valence-corrected chi connectivity index (χ3v) is 6.56. The van der Waals surface area contributed by atoms with Gasteiger partial charge in [-0.25, -0.2) is 9.78 Å². The molecule has 0 fully saturated rings. The summed E-state index contributed by atoms with van der Waals surface area (Å²) >= 11 is 12.4. The normalized spacial score (nSPS) is 11.9. The van der Waals surface area contributed by atoms with Crippen LogP contribution in [0.5, 0.6) is 5.75 Å². The Morgan fingerprint density at radius 1 is 1.19 bits per heavy atom.